The van der Waals surface area contributed by atoms with Crippen LogP contribution in [0.25, 0.3) is 0 Å². The highest BCUT2D eigenvalue weighted by molar-refractivity contribution is 7.99. The monoisotopic (exact) mass is 307 g/mol. The predicted octanol–water partition coefficient (Wildman–Crippen LogP) is 2.57. The van der Waals surface area contributed by atoms with Crippen molar-refractivity contribution in [2.24, 2.45) is 11.8 Å². The lowest BCUT2D eigenvalue weighted by molar-refractivity contribution is 0.298. The number of sulfone groups is 1. The highest BCUT2D eigenvalue weighted by Crippen LogP contribution is 2.29. The van der Waals surface area contributed by atoms with Gasteiger partial charge in [0.05, 0.1) is 11.5 Å². The third-order valence-electron chi connectivity index (χ3n) is 3.67. The minimum Gasteiger partial charge on any atom is -0.312 e. The molecule has 1 fully saturated rings. The third-order valence-corrected chi connectivity index (χ3v) is 6.39. The van der Waals surface area contributed by atoms with Gasteiger partial charge in [0.1, 0.15) is 0 Å². The lowest BCUT2D eigenvalue weighted by Gasteiger charge is -2.28. The summed E-state index contributed by atoms with van der Waals surface area (Å²) in [6.07, 6.45) is 1.98. The summed E-state index contributed by atoms with van der Waals surface area (Å²) in [4.78, 5) is 0. The minimum absolute atomic E-state index is 0.105. The molecule has 1 rings (SSSR count). The molecule has 1 aliphatic rings. The van der Waals surface area contributed by atoms with Crippen molar-refractivity contribution < 1.29 is 8.42 Å². The highest BCUT2D eigenvalue weighted by atomic mass is 32.2. The van der Waals surface area contributed by atoms with E-state index >= 15 is 0 Å². The lowest BCUT2D eigenvalue weighted by Crippen LogP contribution is -2.41. The smallest absolute Gasteiger partial charge is 0.150 e. The zero-order valence-electron chi connectivity index (χ0n) is 12.7. The molecule has 1 heterocycles. The van der Waals surface area contributed by atoms with Crippen molar-refractivity contribution in [3.63, 3.8) is 0 Å². The van der Waals surface area contributed by atoms with Crippen molar-refractivity contribution in [2.75, 3.05) is 29.6 Å². The van der Waals surface area contributed by atoms with Gasteiger partial charge in [-0.25, -0.2) is 8.42 Å². The summed E-state index contributed by atoms with van der Waals surface area (Å²) in [5.41, 5.74) is 0.105. The molecule has 0 saturated carbocycles. The molecule has 2 unspecified atom stereocenters. The average molecular weight is 308 g/mol. The maximum absolute atomic E-state index is 11.7. The Morgan fingerprint density at radius 3 is 2.53 bits per heavy atom. The number of rotatable bonds is 7. The summed E-state index contributed by atoms with van der Waals surface area (Å²) in [5, 5.41) is 3.55. The minimum atomic E-state index is -2.76. The fraction of sp³-hybridized carbons (Fsp3) is 1.00. The summed E-state index contributed by atoms with van der Waals surface area (Å²) >= 11 is 1.95. The Morgan fingerprint density at radius 2 is 2.05 bits per heavy atom. The van der Waals surface area contributed by atoms with Crippen molar-refractivity contribution in [3.8, 4) is 0 Å². The van der Waals surface area contributed by atoms with Gasteiger partial charge in [-0.3, -0.25) is 0 Å². The SMILES string of the molecule is CCSCCC(CNC(C)(C)C)C1CCS(=O)(=O)C1. The number of thioether (sulfide) groups is 1. The first-order valence-corrected chi connectivity index (χ1v) is 10.2. The molecule has 19 heavy (non-hydrogen) atoms. The van der Waals surface area contributed by atoms with Crippen molar-refractivity contribution in [1.82, 2.24) is 5.32 Å². The standard InChI is InChI=1S/C14H29NO2S2/c1-5-18-8-6-12(10-15-14(2,3)4)13-7-9-19(16,17)11-13/h12-13,15H,5-11H2,1-4H3. The average Bonchev–Trinajstić information content (AvgIpc) is 2.62. The first kappa shape index (κ1) is 17.3. The molecule has 0 spiro atoms. The van der Waals surface area contributed by atoms with Crippen LogP contribution in [-0.4, -0.2) is 43.5 Å². The number of nitrogens with one attached hydrogen (secondary N) is 1. The van der Waals surface area contributed by atoms with Crippen molar-refractivity contribution in [1.29, 1.82) is 0 Å². The first-order chi connectivity index (χ1) is 8.73. The number of hydrogen-bond acceptors (Lipinski definition) is 4. The van der Waals surface area contributed by atoms with Crippen LogP contribution >= 0.6 is 11.8 Å². The van der Waals surface area contributed by atoms with E-state index < -0.39 is 9.84 Å². The summed E-state index contributed by atoms with van der Waals surface area (Å²) in [5.74, 6) is 3.93. The lowest BCUT2D eigenvalue weighted by atomic mass is 9.89. The van der Waals surface area contributed by atoms with Gasteiger partial charge in [-0.2, -0.15) is 11.8 Å². The van der Waals surface area contributed by atoms with Gasteiger partial charge in [-0.15, -0.1) is 0 Å². The largest absolute Gasteiger partial charge is 0.312 e. The molecule has 1 aliphatic heterocycles. The summed E-state index contributed by atoms with van der Waals surface area (Å²) in [7, 11) is -2.76. The Hall–Kier alpha value is 0.260. The molecular weight excluding hydrogens is 278 g/mol. The molecule has 0 radical (unpaired) electrons. The van der Waals surface area contributed by atoms with Gasteiger partial charge in [0.15, 0.2) is 9.84 Å². The molecule has 2 atom stereocenters. The Kier molecular flexibility index (Phi) is 6.67. The van der Waals surface area contributed by atoms with Gasteiger partial charge >= 0.3 is 0 Å². The number of hydrogen-bond donors (Lipinski definition) is 1. The molecular formula is C14H29NO2S2. The maximum atomic E-state index is 11.7. The molecule has 0 bridgehead atoms. The van der Waals surface area contributed by atoms with E-state index in [4.69, 9.17) is 0 Å². The van der Waals surface area contributed by atoms with Crippen LogP contribution in [0.15, 0.2) is 0 Å². The third kappa shape index (κ3) is 7.00. The Morgan fingerprint density at radius 1 is 1.37 bits per heavy atom. The molecule has 0 aliphatic carbocycles. The zero-order valence-corrected chi connectivity index (χ0v) is 14.4. The van der Waals surface area contributed by atoms with E-state index in [1.54, 1.807) is 0 Å². The van der Waals surface area contributed by atoms with E-state index in [0.717, 1.165) is 30.9 Å². The van der Waals surface area contributed by atoms with E-state index in [1.165, 1.54) is 0 Å². The van der Waals surface area contributed by atoms with Gasteiger partial charge in [-0.05, 0) is 63.5 Å². The summed E-state index contributed by atoms with van der Waals surface area (Å²) in [6, 6.07) is 0. The Bertz CT molecular complexity index is 360. The molecule has 114 valence electrons. The van der Waals surface area contributed by atoms with Crippen LogP contribution in [0, 0.1) is 11.8 Å². The zero-order chi connectivity index (χ0) is 14.5. The predicted molar refractivity (Wildman–Crippen MR) is 85.6 cm³/mol. The highest BCUT2D eigenvalue weighted by Gasteiger charge is 2.33. The van der Waals surface area contributed by atoms with Gasteiger partial charge in [0.25, 0.3) is 0 Å². The molecule has 3 nitrogen and oxygen atoms in total. The fourth-order valence-corrected chi connectivity index (χ4v) is 5.19. The quantitative estimate of drug-likeness (QED) is 0.734. The molecule has 5 heteroatoms. The van der Waals surface area contributed by atoms with E-state index in [0.29, 0.717) is 23.3 Å². The van der Waals surface area contributed by atoms with Crippen molar-refractivity contribution in [3.05, 3.63) is 0 Å². The van der Waals surface area contributed by atoms with Crippen LogP contribution < -0.4 is 5.32 Å². The van der Waals surface area contributed by atoms with Crippen LogP contribution in [0.5, 0.6) is 0 Å². The maximum Gasteiger partial charge on any atom is 0.150 e. The van der Waals surface area contributed by atoms with Crippen LogP contribution in [0.3, 0.4) is 0 Å². The van der Waals surface area contributed by atoms with Gasteiger partial charge in [0.2, 0.25) is 0 Å². The molecule has 0 aromatic carbocycles. The van der Waals surface area contributed by atoms with E-state index in [9.17, 15) is 8.42 Å². The van der Waals surface area contributed by atoms with Crippen LogP contribution in [0.2, 0.25) is 0 Å². The van der Waals surface area contributed by atoms with Gasteiger partial charge in [0, 0.05) is 5.54 Å². The molecule has 0 amide bonds. The fourth-order valence-electron chi connectivity index (χ4n) is 2.52. The summed E-state index contributed by atoms with van der Waals surface area (Å²) in [6.45, 7) is 9.60. The van der Waals surface area contributed by atoms with E-state index in [2.05, 4.69) is 33.0 Å². The second kappa shape index (κ2) is 7.32. The Balaban J connectivity index is 2.54. The van der Waals surface area contributed by atoms with E-state index in [-0.39, 0.29) is 5.54 Å². The van der Waals surface area contributed by atoms with Gasteiger partial charge < -0.3 is 5.32 Å². The van der Waals surface area contributed by atoms with Crippen molar-refractivity contribution >= 4 is 21.6 Å². The molecule has 1 saturated heterocycles. The van der Waals surface area contributed by atoms with Crippen LogP contribution in [0.4, 0.5) is 0 Å². The topological polar surface area (TPSA) is 46.2 Å². The second-order valence-corrected chi connectivity index (χ2v) is 10.2. The summed E-state index contributed by atoms with van der Waals surface area (Å²) < 4.78 is 23.3. The molecule has 0 aromatic heterocycles. The van der Waals surface area contributed by atoms with Gasteiger partial charge in [-0.1, -0.05) is 6.92 Å². The molecule has 0 aromatic rings. The normalized spacial score (nSPS) is 24.5. The molecule has 1 N–H and O–H groups in total. The first-order valence-electron chi connectivity index (χ1n) is 7.27. The Labute approximate surface area is 123 Å². The van der Waals surface area contributed by atoms with Crippen LogP contribution in [0.1, 0.15) is 40.5 Å². The second-order valence-electron chi connectivity index (χ2n) is 6.54. The van der Waals surface area contributed by atoms with Crippen molar-refractivity contribution in [2.45, 2.75) is 46.1 Å². The van der Waals surface area contributed by atoms with E-state index in [1.807, 2.05) is 11.8 Å². The van der Waals surface area contributed by atoms with Crippen LogP contribution in [-0.2, 0) is 9.84 Å².